The molecule has 1 N–H and O–H groups in total. The summed E-state index contributed by atoms with van der Waals surface area (Å²) in [6, 6.07) is 9.86. The van der Waals surface area contributed by atoms with E-state index >= 15 is 0 Å². The van der Waals surface area contributed by atoms with Gasteiger partial charge < -0.3 is 10.2 Å². The van der Waals surface area contributed by atoms with Crippen molar-refractivity contribution in [3.63, 3.8) is 0 Å². The summed E-state index contributed by atoms with van der Waals surface area (Å²) in [5.74, 6) is 1.64. The molecule has 7 heteroatoms. The monoisotopic (exact) mass is 379 g/mol. The maximum absolute atomic E-state index is 12.7. The average Bonchev–Trinajstić information content (AvgIpc) is 3.06. The highest BCUT2D eigenvalue weighted by Crippen LogP contribution is 2.28. The lowest BCUT2D eigenvalue weighted by Crippen LogP contribution is -2.38. The van der Waals surface area contributed by atoms with Crippen molar-refractivity contribution in [2.24, 2.45) is 0 Å². The van der Waals surface area contributed by atoms with Gasteiger partial charge in [0.15, 0.2) is 5.13 Å². The third-order valence-corrected chi connectivity index (χ3v) is 5.40. The minimum absolute atomic E-state index is 0.133. The number of aryl methyl sites for hydroxylation is 2. The van der Waals surface area contributed by atoms with E-state index in [4.69, 9.17) is 0 Å². The number of rotatable bonds is 4. The second kappa shape index (κ2) is 7.44. The molecule has 2 aromatic heterocycles. The molecule has 0 bridgehead atoms. The van der Waals surface area contributed by atoms with E-state index in [-0.39, 0.29) is 5.91 Å². The quantitative estimate of drug-likeness (QED) is 0.752. The molecular formula is C20H21N5OS. The number of carbonyl (C=O) groups excluding carboxylic acids is 1. The minimum Gasteiger partial charge on any atom is -0.336 e. The molecule has 0 saturated heterocycles. The zero-order chi connectivity index (χ0) is 18.8. The maximum atomic E-state index is 12.7. The van der Waals surface area contributed by atoms with Crippen molar-refractivity contribution in [1.82, 2.24) is 19.9 Å². The van der Waals surface area contributed by atoms with Gasteiger partial charge >= 0.3 is 0 Å². The molecule has 1 aliphatic rings. The van der Waals surface area contributed by atoms with Crippen LogP contribution in [-0.2, 0) is 24.2 Å². The standard InChI is InChI=1S/C20H21N5OS/c1-13-11-21-20(27-13)24-19-16-8-9-25(12-17(16)22-14(2)23-19)18(26)10-15-6-4-3-5-7-15/h3-7,11H,8-10,12H2,1-2H3,(H,21,22,23,24). The smallest absolute Gasteiger partial charge is 0.227 e. The molecule has 4 rings (SSSR count). The average molecular weight is 379 g/mol. The molecule has 0 spiro atoms. The van der Waals surface area contributed by atoms with Crippen molar-refractivity contribution < 1.29 is 4.79 Å². The van der Waals surface area contributed by atoms with E-state index in [1.807, 2.05) is 55.3 Å². The number of carbonyl (C=O) groups is 1. The Balaban J connectivity index is 1.53. The number of amides is 1. The topological polar surface area (TPSA) is 71.0 Å². The molecule has 1 amide bonds. The van der Waals surface area contributed by atoms with Crippen LogP contribution in [0.4, 0.5) is 10.9 Å². The molecule has 6 nitrogen and oxygen atoms in total. The molecule has 3 heterocycles. The minimum atomic E-state index is 0.133. The zero-order valence-electron chi connectivity index (χ0n) is 15.4. The summed E-state index contributed by atoms with van der Waals surface area (Å²) in [7, 11) is 0. The van der Waals surface area contributed by atoms with Gasteiger partial charge in [-0.3, -0.25) is 4.79 Å². The Bertz CT molecular complexity index is 970. The highest BCUT2D eigenvalue weighted by atomic mass is 32.1. The summed E-state index contributed by atoms with van der Waals surface area (Å²) in [5, 5.41) is 4.16. The highest BCUT2D eigenvalue weighted by molar-refractivity contribution is 7.15. The van der Waals surface area contributed by atoms with E-state index in [0.29, 0.717) is 25.3 Å². The van der Waals surface area contributed by atoms with Gasteiger partial charge in [-0.1, -0.05) is 30.3 Å². The van der Waals surface area contributed by atoms with E-state index in [0.717, 1.165) is 39.1 Å². The van der Waals surface area contributed by atoms with Crippen molar-refractivity contribution in [3.8, 4) is 0 Å². The van der Waals surface area contributed by atoms with Crippen LogP contribution in [0, 0.1) is 13.8 Å². The lowest BCUT2D eigenvalue weighted by Gasteiger charge is -2.29. The van der Waals surface area contributed by atoms with E-state index in [9.17, 15) is 4.79 Å². The van der Waals surface area contributed by atoms with E-state index in [2.05, 4.69) is 20.3 Å². The molecule has 0 unspecified atom stereocenters. The maximum Gasteiger partial charge on any atom is 0.227 e. The number of benzene rings is 1. The molecule has 27 heavy (non-hydrogen) atoms. The van der Waals surface area contributed by atoms with Crippen LogP contribution in [0.15, 0.2) is 36.5 Å². The molecule has 0 aliphatic carbocycles. The first-order valence-electron chi connectivity index (χ1n) is 8.96. The number of hydrogen-bond donors (Lipinski definition) is 1. The fourth-order valence-electron chi connectivity index (χ4n) is 3.27. The van der Waals surface area contributed by atoms with Crippen molar-refractivity contribution in [2.75, 3.05) is 11.9 Å². The first-order chi connectivity index (χ1) is 13.1. The first kappa shape index (κ1) is 17.6. The Hall–Kier alpha value is -2.80. The highest BCUT2D eigenvalue weighted by Gasteiger charge is 2.25. The van der Waals surface area contributed by atoms with Gasteiger partial charge in [-0.15, -0.1) is 11.3 Å². The van der Waals surface area contributed by atoms with E-state index in [1.54, 1.807) is 11.3 Å². The van der Waals surface area contributed by atoms with Crippen LogP contribution in [-0.4, -0.2) is 32.3 Å². The fourth-order valence-corrected chi connectivity index (χ4v) is 3.93. The van der Waals surface area contributed by atoms with Gasteiger partial charge in [0.25, 0.3) is 0 Å². The first-order valence-corrected chi connectivity index (χ1v) is 9.77. The number of nitrogens with zero attached hydrogens (tertiary/aromatic N) is 4. The second-order valence-corrected chi connectivity index (χ2v) is 7.91. The number of thiazole rings is 1. The molecule has 138 valence electrons. The van der Waals surface area contributed by atoms with Gasteiger partial charge in [-0.25, -0.2) is 15.0 Å². The van der Waals surface area contributed by atoms with Crippen molar-refractivity contribution >= 4 is 28.2 Å². The van der Waals surface area contributed by atoms with Crippen LogP contribution >= 0.6 is 11.3 Å². The second-order valence-electron chi connectivity index (χ2n) is 6.67. The van der Waals surface area contributed by atoms with E-state index in [1.165, 1.54) is 0 Å². The Labute approximate surface area is 162 Å². The zero-order valence-corrected chi connectivity index (χ0v) is 16.2. The van der Waals surface area contributed by atoms with Crippen LogP contribution in [0.3, 0.4) is 0 Å². The predicted octanol–water partition coefficient (Wildman–Crippen LogP) is 3.42. The lowest BCUT2D eigenvalue weighted by atomic mass is 10.0. The molecule has 0 saturated carbocycles. The SMILES string of the molecule is Cc1nc2c(c(Nc3ncc(C)s3)n1)CCN(C(=O)Cc1ccccc1)C2. The van der Waals surface area contributed by atoms with Gasteiger partial charge in [0.05, 0.1) is 18.7 Å². The predicted molar refractivity (Wildman–Crippen MR) is 106 cm³/mol. The van der Waals surface area contributed by atoms with Gasteiger partial charge in [-0.05, 0) is 25.8 Å². The summed E-state index contributed by atoms with van der Waals surface area (Å²) in [6.07, 6.45) is 3.00. The number of nitrogens with one attached hydrogen (secondary N) is 1. The van der Waals surface area contributed by atoms with Gasteiger partial charge in [0, 0.05) is 23.2 Å². The number of fused-ring (bicyclic) bond motifs is 1. The Morgan fingerprint density at radius 1 is 1.22 bits per heavy atom. The fraction of sp³-hybridized carbons (Fsp3) is 0.300. The Kier molecular flexibility index (Phi) is 4.85. The molecule has 0 atom stereocenters. The third-order valence-electron chi connectivity index (χ3n) is 4.57. The van der Waals surface area contributed by atoms with Gasteiger partial charge in [0.2, 0.25) is 5.91 Å². The van der Waals surface area contributed by atoms with Gasteiger partial charge in [0.1, 0.15) is 11.6 Å². The summed E-state index contributed by atoms with van der Waals surface area (Å²) >= 11 is 1.60. The molecular weight excluding hydrogens is 358 g/mol. The van der Waals surface area contributed by atoms with Crippen LogP contribution in [0.1, 0.15) is 27.5 Å². The third kappa shape index (κ3) is 3.98. The molecule has 0 radical (unpaired) electrons. The van der Waals surface area contributed by atoms with Crippen LogP contribution in [0.2, 0.25) is 0 Å². The van der Waals surface area contributed by atoms with Crippen molar-refractivity contribution in [3.05, 3.63) is 64.1 Å². The molecule has 1 aromatic carbocycles. The van der Waals surface area contributed by atoms with Crippen LogP contribution < -0.4 is 5.32 Å². The molecule has 3 aromatic rings. The Morgan fingerprint density at radius 2 is 2.04 bits per heavy atom. The van der Waals surface area contributed by atoms with Gasteiger partial charge in [-0.2, -0.15) is 0 Å². The van der Waals surface area contributed by atoms with Crippen LogP contribution in [0.5, 0.6) is 0 Å². The number of hydrogen-bond acceptors (Lipinski definition) is 6. The molecule has 1 aliphatic heterocycles. The molecule has 0 fully saturated rings. The summed E-state index contributed by atoms with van der Waals surface area (Å²) in [4.78, 5) is 29.3. The number of anilines is 2. The van der Waals surface area contributed by atoms with E-state index < -0.39 is 0 Å². The van der Waals surface area contributed by atoms with Crippen molar-refractivity contribution in [1.29, 1.82) is 0 Å². The normalized spacial score (nSPS) is 13.3. The van der Waals surface area contributed by atoms with Crippen LogP contribution in [0.25, 0.3) is 0 Å². The number of aromatic nitrogens is 3. The summed E-state index contributed by atoms with van der Waals surface area (Å²) in [5.41, 5.74) is 3.04. The largest absolute Gasteiger partial charge is 0.336 e. The summed E-state index contributed by atoms with van der Waals surface area (Å²) < 4.78 is 0. The van der Waals surface area contributed by atoms with Crippen molar-refractivity contribution in [2.45, 2.75) is 33.2 Å². The lowest BCUT2D eigenvalue weighted by molar-refractivity contribution is -0.131. The summed E-state index contributed by atoms with van der Waals surface area (Å²) in [6.45, 7) is 5.11. The Morgan fingerprint density at radius 3 is 2.78 bits per heavy atom.